The Bertz CT molecular complexity index is 628. The summed E-state index contributed by atoms with van der Waals surface area (Å²) in [4.78, 5) is 24.8. The first-order valence-corrected chi connectivity index (χ1v) is 9.98. The monoisotopic (exact) mass is 362 g/mol. The Hall–Kier alpha value is -1.16. The zero-order chi connectivity index (χ0) is 19.4. The Kier molecular flexibility index (Phi) is 4.66. The molecule has 4 nitrogen and oxygen atoms in total. The number of ketones is 1. The van der Waals surface area contributed by atoms with Gasteiger partial charge in [0.2, 0.25) is 0 Å². The molecule has 1 saturated heterocycles. The normalized spacial score (nSPS) is 48.3. The summed E-state index contributed by atoms with van der Waals surface area (Å²) in [6.45, 7) is 14.3. The molecule has 6 atom stereocenters. The van der Waals surface area contributed by atoms with Gasteiger partial charge < -0.3 is 9.47 Å². The van der Waals surface area contributed by atoms with E-state index in [2.05, 4.69) is 34.3 Å². The standard InChI is InChI=1S/C22H34O4/c1-7-20(4)12-9-17-21(5)11-8-10-19(3,14-25-15(2)23)18(21)16(24)13-22(17,6)26-20/h7,17-18H,1,8-14H2,2-6H3/t17-,18+,19-,20+,21+,22+/m1/s1. The molecule has 0 aromatic rings. The van der Waals surface area contributed by atoms with Crippen molar-refractivity contribution in [2.24, 2.45) is 22.7 Å². The van der Waals surface area contributed by atoms with Crippen LogP contribution in [0.5, 0.6) is 0 Å². The van der Waals surface area contributed by atoms with Gasteiger partial charge in [0.1, 0.15) is 5.78 Å². The maximum atomic E-state index is 13.4. The lowest BCUT2D eigenvalue weighted by Crippen LogP contribution is -2.66. The summed E-state index contributed by atoms with van der Waals surface area (Å²) < 4.78 is 11.9. The average molecular weight is 363 g/mol. The smallest absolute Gasteiger partial charge is 0.302 e. The van der Waals surface area contributed by atoms with Gasteiger partial charge in [-0.1, -0.05) is 26.3 Å². The second-order valence-corrected chi connectivity index (χ2v) is 9.89. The van der Waals surface area contributed by atoms with Crippen molar-refractivity contribution >= 4 is 11.8 Å². The van der Waals surface area contributed by atoms with E-state index in [0.717, 1.165) is 32.1 Å². The Morgan fingerprint density at radius 3 is 2.58 bits per heavy atom. The molecule has 0 aromatic carbocycles. The van der Waals surface area contributed by atoms with Gasteiger partial charge >= 0.3 is 5.97 Å². The number of carbonyl (C=O) groups excluding carboxylic acids is 2. The molecule has 0 aromatic heterocycles. The number of ether oxygens (including phenoxy) is 2. The lowest BCUT2D eigenvalue weighted by atomic mass is 9.43. The summed E-state index contributed by atoms with van der Waals surface area (Å²) in [5.41, 5.74) is -1.19. The molecule has 3 rings (SSSR count). The summed E-state index contributed by atoms with van der Waals surface area (Å²) in [6, 6.07) is 0. The molecule has 0 amide bonds. The number of fused-ring (bicyclic) bond motifs is 3. The molecule has 0 radical (unpaired) electrons. The number of rotatable bonds is 3. The highest BCUT2D eigenvalue weighted by molar-refractivity contribution is 5.85. The molecule has 0 unspecified atom stereocenters. The number of hydrogen-bond donors (Lipinski definition) is 0. The van der Waals surface area contributed by atoms with Crippen LogP contribution in [0.1, 0.15) is 73.1 Å². The summed E-state index contributed by atoms with van der Waals surface area (Å²) in [5, 5.41) is 0. The maximum absolute atomic E-state index is 13.4. The number of esters is 1. The minimum Gasteiger partial charge on any atom is -0.465 e. The molecule has 0 bridgehead atoms. The van der Waals surface area contributed by atoms with Crippen molar-refractivity contribution in [1.29, 1.82) is 0 Å². The molecule has 146 valence electrons. The molecule has 0 spiro atoms. The van der Waals surface area contributed by atoms with Crippen LogP contribution in [0.25, 0.3) is 0 Å². The SMILES string of the molecule is C=C[C@@]1(C)CC[C@@H]2[C@]3(C)CCC[C@](C)(COC(C)=O)[C@@H]3C(=O)C[C@]2(C)O1. The van der Waals surface area contributed by atoms with E-state index in [9.17, 15) is 9.59 Å². The van der Waals surface area contributed by atoms with Crippen LogP contribution in [0.15, 0.2) is 12.7 Å². The summed E-state index contributed by atoms with van der Waals surface area (Å²) in [5.74, 6) is 0.267. The Balaban J connectivity index is 1.96. The van der Waals surface area contributed by atoms with Crippen molar-refractivity contribution in [2.75, 3.05) is 6.61 Å². The van der Waals surface area contributed by atoms with E-state index in [0.29, 0.717) is 18.9 Å². The van der Waals surface area contributed by atoms with E-state index in [-0.39, 0.29) is 34.1 Å². The summed E-state index contributed by atoms with van der Waals surface area (Å²) >= 11 is 0. The summed E-state index contributed by atoms with van der Waals surface area (Å²) in [6.07, 6.45) is 7.34. The van der Waals surface area contributed by atoms with Gasteiger partial charge in [-0.05, 0) is 50.9 Å². The molecule has 2 aliphatic carbocycles. The van der Waals surface area contributed by atoms with E-state index in [1.54, 1.807) is 0 Å². The van der Waals surface area contributed by atoms with E-state index in [1.807, 2.05) is 6.08 Å². The minimum atomic E-state index is -0.441. The Morgan fingerprint density at radius 2 is 1.96 bits per heavy atom. The number of Topliss-reactive ketones (excluding diaryl/α,β-unsaturated/α-hetero) is 1. The van der Waals surface area contributed by atoms with Crippen LogP contribution < -0.4 is 0 Å². The molecule has 3 fully saturated rings. The van der Waals surface area contributed by atoms with Gasteiger partial charge in [-0.15, -0.1) is 6.58 Å². The van der Waals surface area contributed by atoms with Gasteiger partial charge in [-0.2, -0.15) is 0 Å². The first-order valence-electron chi connectivity index (χ1n) is 9.98. The van der Waals surface area contributed by atoms with Crippen LogP contribution in [0.4, 0.5) is 0 Å². The predicted octanol–water partition coefficient (Wildman–Crippen LogP) is 4.47. The highest BCUT2D eigenvalue weighted by atomic mass is 16.5. The molecule has 26 heavy (non-hydrogen) atoms. The van der Waals surface area contributed by atoms with Gasteiger partial charge in [-0.3, -0.25) is 9.59 Å². The van der Waals surface area contributed by atoms with Gasteiger partial charge in [-0.25, -0.2) is 0 Å². The van der Waals surface area contributed by atoms with Gasteiger partial charge in [0.05, 0.1) is 17.8 Å². The number of carbonyl (C=O) groups is 2. The van der Waals surface area contributed by atoms with Crippen molar-refractivity contribution in [3.8, 4) is 0 Å². The zero-order valence-electron chi connectivity index (χ0n) is 17.0. The molecule has 4 heteroatoms. The minimum absolute atomic E-state index is 0.0714. The quantitative estimate of drug-likeness (QED) is 0.549. The lowest BCUT2D eigenvalue weighted by molar-refractivity contribution is -0.246. The molecule has 2 saturated carbocycles. The van der Waals surface area contributed by atoms with Crippen LogP contribution in [-0.4, -0.2) is 29.6 Å². The molecular weight excluding hydrogens is 328 g/mol. The lowest BCUT2D eigenvalue weighted by Gasteiger charge is -2.64. The molecular formula is C22H34O4. The first kappa shape index (κ1) is 19.6. The van der Waals surface area contributed by atoms with E-state index >= 15 is 0 Å². The fourth-order valence-corrected chi connectivity index (χ4v) is 6.68. The molecule has 1 heterocycles. The van der Waals surface area contributed by atoms with E-state index < -0.39 is 5.60 Å². The molecule has 3 aliphatic rings. The zero-order valence-corrected chi connectivity index (χ0v) is 17.0. The second kappa shape index (κ2) is 6.19. The molecule has 0 N–H and O–H groups in total. The van der Waals surface area contributed by atoms with Gasteiger partial charge in [0.25, 0.3) is 0 Å². The first-order chi connectivity index (χ1) is 12.0. The fourth-order valence-electron chi connectivity index (χ4n) is 6.68. The second-order valence-electron chi connectivity index (χ2n) is 9.89. The van der Waals surface area contributed by atoms with Gasteiger partial charge in [0, 0.05) is 24.7 Å². The number of hydrogen-bond acceptors (Lipinski definition) is 4. The van der Waals surface area contributed by atoms with Gasteiger partial charge in [0.15, 0.2) is 0 Å². The third kappa shape index (κ3) is 2.94. The van der Waals surface area contributed by atoms with E-state index in [4.69, 9.17) is 9.47 Å². The highest BCUT2D eigenvalue weighted by Crippen LogP contribution is 2.64. The average Bonchev–Trinajstić information content (AvgIpc) is 2.51. The predicted molar refractivity (Wildman–Crippen MR) is 101 cm³/mol. The summed E-state index contributed by atoms with van der Waals surface area (Å²) in [7, 11) is 0. The van der Waals surface area contributed by atoms with Crippen LogP contribution in [0.3, 0.4) is 0 Å². The molecule has 1 aliphatic heterocycles. The van der Waals surface area contributed by atoms with Crippen molar-refractivity contribution in [2.45, 2.75) is 84.3 Å². The van der Waals surface area contributed by atoms with Crippen molar-refractivity contribution in [3.05, 3.63) is 12.7 Å². The van der Waals surface area contributed by atoms with Crippen LogP contribution in [-0.2, 0) is 19.1 Å². The van der Waals surface area contributed by atoms with Crippen LogP contribution in [0.2, 0.25) is 0 Å². The topological polar surface area (TPSA) is 52.6 Å². The van der Waals surface area contributed by atoms with Crippen molar-refractivity contribution < 1.29 is 19.1 Å². The largest absolute Gasteiger partial charge is 0.465 e. The van der Waals surface area contributed by atoms with Crippen LogP contribution >= 0.6 is 0 Å². The van der Waals surface area contributed by atoms with E-state index in [1.165, 1.54) is 6.92 Å². The maximum Gasteiger partial charge on any atom is 0.302 e. The Labute approximate surface area is 157 Å². The fraction of sp³-hybridized carbons (Fsp3) is 0.818. The Morgan fingerprint density at radius 1 is 1.27 bits per heavy atom. The third-order valence-corrected chi connectivity index (χ3v) is 7.63. The third-order valence-electron chi connectivity index (χ3n) is 7.63. The van der Waals surface area contributed by atoms with Crippen LogP contribution in [0, 0.1) is 22.7 Å². The van der Waals surface area contributed by atoms with Crippen molar-refractivity contribution in [3.63, 3.8) is 0 Å². The highest BCUT2D eigenvalue weighted by Gasteiger charge is 2.65. The van der Waals surface area contributed by atoms with Crippen molar-refractivity contribution in [1.82, 2.24) is 0 Å².